The van der Waals surface area contributed by atoms with Crippen LogP contribution in [0.3, 0.4) is 0 Å². The number of halogens is 9. The summed E-state index contributed by atoms with van der Waals surface area (Å²) < 4.78 is 119. The van der Waals surface area contributed by atoms with Crippen molar-refractivity contribution in [1.82, 2.24) is 0 Å². The van der Waals surface area contributed by atoms with E-state index in [1.54, 1.807) is 0 Å². The highest BCUT2D eigenvalue weighted by Gasteiger charge is 2.61. The van der Waals surface area contributed by atoms with Crippen LogP contribution in [0.4, 0.5) is 45.2 Å². The maximum Gasteiger partial charge on any atom is 0.428 e. The van der Waals surface area contributed by atoms with Gasteiger partial charge in [-0.05, 0) is 18.2 Å². The van der Waals surface area contributed by atoms with Gasteiger partial charge in [-0.25, -0.2) is 4.79 Å². The van der Waals surface area contributed by atoms with Crippen LogP contribution in [0.2, 0.25) is 0 Å². The molecule has 5 nitrogen and oxygen atoms in total. The molecule has 1 amide bonds. The number of nitrogens with one attached hydrogen (secondary N) is 1. The predicted molar refractivity (Wildman–Crippen MR) is 72.7 cm³/mol. The standard InChI is InChI=1S/C14H10F9NO4/c1-28-10(26)11(27,14(21,22)23)5-9(25)24-8-3-6(12(15,16)17)2-7(4-8)13(18,19)20/h2-4,27H,5H2,1H3,(H,24,25)/t11-/m1/s1. The molecule has 0 saturated heterocycles. The fraction of sp³-hybridized carbons (Fsp3) is 0.429. The van der Waals surface area contributed by atoms with Crippen molar-refractivity contribution in [2.24, 2.45) is 0 Å². The minimum absolute atomic E-state index is 0.0396. The largest absolute Gasteiger partial charge is 0.467 e. The van der Waals surface area contributed by atoms with E-state index in [2.05, 4.69) is 4.74 Å². The minimum atomic E-state index is -5.72. The van der Waals surface area contributed by atoms with Crippen molar-refractivity contribution in [3.8, 4) is 0 Å². The Morgan fingerprint density at radius 3 is 1.68 bits per heavy atom. The second kappa shape index (κ2) is 7.48. The van der Waals surface area contributed by atoms with Gasteiger partial charge in [0.25, 0.3) is 5.60 Å². The van der Waals surface area contributed by atoms with E-state index in [9.17, 15) is 54.2 Å². The van der Waals surface area contributed by atoms with Crippen LogP contribution in [0.5, 0.6) is 0 Å². The number of hydrogen-bond acceptors (Lipinski definition) is 4. The number of ether oxygens (including phenoxy) is 1. The summed E-state index contributed by atoms with van der Waals surface area (Å²) in [5.41, 5.74) is -9.18. The molecule has 2 N–H and O–H groups in total. The molecule has 14 heteroatoms. The third-order valence-electron chi connectivity index (χ3n) is 3.28. The number of esters is 1. The molecular formula is C14H10F9NO4. The lowest BCUT2D eigenvalue weighted by molar-refractivity contribution is -0.261. The van der Waals surface area contributed by atoms with Crippen LogP contribution >= 0.6 is 0 Å². The van der Waals surface area contributed by atoms with Gasteiger partial charge in [-0.2, -0.15) is 39.5 Å². The van der Waals surface area contributed by atoms with Crippen molar-refractivity contribution in [3.05, 3.63) is 29.3 Å². The Bertz CT molecular complexity index is 722. The number of alkyl halides is 9. The smallest absolute Gasteiger partial charge is 0.428 e. The summed E-state index contributed by atoms with van der Waals surface area (Å²) in [6.45, 7) is 0. The Morgan fingerprint density at radius 1 is 0.929 bits per heavy atom. The highest BCUT2D eigenvalue weighted by Crippen LogP contribution is 2.38. The maximum absolute atomic E-state index is 12.9. The fourth-order valence-electron chi connectivity index (χ4n) is 1.92. The number of aliphatic hydroxyl groups is 1. The van der Waals surface area contributed by atoms with Crippen molar-refractivity contribution in [2.45, 2.75) is 30.6 Å². The zero-order valence-electron chi connectivity index (χ0n) is 13.5. The number of methoxy groups -OCH3 is 1. The summed E-state index contributed by atoms with van der Waals surface area (Å²) in [5, 5.41) is 10.8. The van der Waals surface area contributed by atoms with Crippen molar-refractivity contribution < 1.29 is 58.9 Å². The van der Waals surface area contributed by atoms with Gasteiger partial charge in [0.1, 0.15) is 0 Å². The van der Waals surface area contributed by atoms with E-state index < -0.39 is 59.2 Å². The molecule has 0 aliphatic rings. The normalized spacial score (nSPS) is 15.0. The van der Waals surface area contributed by atoms with Gasteiger partial charge < -0.3 is 15.2 Å². The van der Waals surface area contributed by atoms with Gasteiger partial charge in [0.05, 0.1) is 24.7 Å². The topological polar surface area (TPSA) is 75.6 Å². The minimum Gasteiger partial charge on any atom is -0.467 e. The molecule has 1 rings (SSSR count). The van der Waals surface area contributed by atoms with Gasteiger partial charge in [0.2, 0.25) is 5.91 Å². The molecule has 0 aliphatic carbocycles. The second-order valence-corrected chi connectivity index (χ2v) is 5.37. The van der Waals surface area contributed by atoms with Crippen LogP contribution in [0.25, 0.3) is 0 Å². The lowest BCUT2D eigenvalue weighted by atomic mass is 9.98. The lowest BCUT2D eigenvalue weighted by Crippen LogP contribution is -2.54. The lowest BCUT2D eigenvalue weighted by Gasteiger charge is -2.27. The summed E-state index contributed by atoms with van der Waals surface area (Å²) in [5.74, 6) is -4.19. The summed E-state index contributed by atoms with van der Waals surface area (Å²) in [4.78, 5) is 22.8. The molecule has 0 heterocycles. The molecule has 0 aromatic heterocycles. The summed E-state index contributed by atoms with van der Waals surface area (Å²) in [6.07, 6.45) is -18.3. The second-order valence-electron chi connectivity index (χ2n) is 5.37. The maximum atomic E-state index is 12.9. The molecule has 0 saturated carbocycles. The third-order valence-corrected chi connectivity index (χ3v) is 3.28. The number of hydrogen-bond donors (Lipinski definition) is 2. The SMILES string of the molecule is COC(=O)[C@](O)(CC(=O)Nc1cc(C(F)(F)F)cc(C(F)(F)F)c1)C(F)(F)F. The quantitative estimate of drug-likeness (QED) is 0.570. The van der Waals surface area contributed by atoms with E-state index in [0.29, 0.717) is 7.11 Å². The van der Waals surface area contributed by atoms with Crippen LogP contribution in [0, 0.1) is 0 Å². The first-order chi connectivity index (χ1) is 12.4. The Kier molecular flexibility index (Phi) is 6.29. The van der Waals surface area contributed by atoms with E-state index in [1.807, 2.05) is 0 Å². The van der Waals surface area contributed by atoms with Crippen molar-refractivity contribution in [1.29, 1.82) is 0 Å². The highest BCUT2D eigenvalue weighted by molar-refractivity contribution is 5.96. The molecule has 0 unspecified atom stereocenters. The van der Waals surface area contributed by atoms with Gasteiger partial charge >= 0.3 is 24.5 Å². The van der Waals surface area contributed by atoms with Crippen LogP contribution < -0.4 is 5.32 Å². The Labute approximate surface area is 150 Å². The van der Waals surface area contributed by atoms with Crippen LogP contribution in [0.1, 0.15) is 17.5 Å². The van der Waals surface area contributed by atoms with Gasteiger partial charge in [-0.15, -0.1) is 0 Å². The molecule has 1 aromatic carbocycles. The number of anilines is 1. The molecule has 0 aliphatic heterocycles. The number of carbonyl (C=O) groups excluding carboxylic acids is 2. The zero-order valence-corrected chi connectivity index (χ0v) is 13.5. The van der Waals surface area contributed by atoms with Crippen molar-refractivity contribution >= 4 is 17.6 Å². The van der Waals surface area contributed by atoms with Gasteiger partial charge in [0, 0.05) is 5.69 Å². The zero-order chi connectivity index (χ0) is 22.1. The van der Waals surface area contributed by atoms with E-state index >= 15 is 0 Å². The molecule has 0 spiro atoms. The molecular weight excluding hydrogens is 417 g/mol. The number of benzene rings is 1. The van der Waals surface area contributed by atoms with Gasteiger partial charge in [0.15, 0.2) is 0 Å². The Morgan fingerprint density at radius 2 is 1.36 bits per heavy atom. The van der Waals surface area contributed by atoms with Crippen LogP contribution in [-0.4, -0.2) is 35.9 Å². The summed E-state index contributed by atoms with van der Waals surface area (Å²) in [7, 11) is 0.458. The number of rotatable bonds is 4. The molecule has 1 atom stereocenters. The Balaban J connectivity index is 3.26. The molecule has 0 fully saturated rings. The highest BCUT2D eigenvalue weighted by atomic mass is 19.4. The van der Waals surface area contributed by atoms with E-state index in [1.165, 1.54) is 5.32 Å². The van der Waals surface area contributed by atoms with Crippen molar-refractivity contribution in [2.75, 3.05) is 12.4 Å². The van der Waals surface area contributed by atoms with E-state index in [0.717, 1.165) is 0 Å². The average Bonchev–Trinajstić information content (AvgIpc) is 2.50. The first-order valence-corrected chi connectivity index (χ1v) is 6.88. The van der Waals surface area contributed by atoms with E-state index in [4.69, 9.17) is 0 Å². The fourth-order valence-corrected chi connectivity index (χ4v) is 1.92. The summed E-state index contributed by atoms with van der Waals surface area (Å²) in [6, 6.07) is -0.188. The Hall–Kier alpha value is -2.51. The first kappa shape index (κ1) is 23.5. The van der Waals surface area contributed by atoms with Gasteiger partial charge in [-0.3, -0.25) is 4.79 Å². The van der Waals surface area contributed by atoms with Crippen LogP contribution in [0.15, 0.2) is 18.2 Å². The predicted octanol–water partition coefficient (Wildman–Crippen LogP) is 3.52. The molecule has 1 aromatic rings. The average molecular weight is 427 g/mol. The first-order valence-electron chi connectivity index (χ1n) is 6.88. The molecule has 158 valence electrons. The number of carbonyl (C=O) groups is 2. The summed E-state index contributed by atoms with van der Waals surface area (Å²) >= 11 is 0. The number of amides is 1. The van der Waals surface area contributed by atoms with Crippen molar-refractivity contribution in [3.63, 3.8) is 0 Å². The molecule has 28 heavy (non-hydrogen) atoms. The monoisotopic (exact) mass is 427 g/mol. The molecule has 0 bridgehead atoms. The van der Waals surface area contributed by atoms with E-state index in [-0.39, 0.29) is 18.2 Å². The van der Waals surface area contributed by atoms with Crippen LogP contribution in [-0.2, 0) is 26.7 Å². The molecule has 0 radical (unpaired) electrons. The third kappa shape index (κ3) is 5.27. The van der Waals surface area contributed by atoms with Gasteiger partial charge in [-0.1, -0.05) is 0 Å².